The summed E-state index contributed by atoms with van der Waals surface area (Å²) in [6.07, 6.45) is 3.56. The first-order valence-corrected chi connectivity index (χ1v) is 5.56. The SMILES string of the molecule is CC(N)c1cnn(Cc2ccc(F)c(C#N)c2)c1. The Kier molecular flexibility index (Phi) is 3.40. The van der Waals surface area contributed by atoms with Gasteiger partial charge in [-0.1, -0.05) is 6.07 Å². The van der Waals surface area contributed by atoms with Crippen molar-refractivity contribution in [3.8, 4) is 6.07 Å². The Bertz CT molecular complexity index is 595. The number of nitrogens with two attached hydrogens (primary N) is 1. The van der Waals surface area contributed by atoms with Gasteiger partial charge < -0.3 is 5.73 Å². The molecule has 18 heavy (non-hydrogen) atoms. The number of hydrogen-bond donors (Lipinski definition) is 1. The van der Waals surface area contributed by atoms with Crippen molar-refractivity contribution in [2.24, 2.45) is 5.73 Å². The van der Waals surface area contributed by atoms with E-state index < -0.39 is 5.82 Å². The largest absolute Gasteiger partial charge is 0.324 e. The van der Waals surface area contributed by atoms with E-state index in [1.54, 1.807) is 16.9 Å². The summed E-state index contributed by atoms with van der Waals surface area (Å²) in [7, 11) is 0. The number of nitrogens with zero attached hydrogens (tertiary/aromatic N) is 3. The van der Waals surface area contributed by atoms with Crippen LogP contribution in [0.15, 0.2) is 30.6 Å². The molecule has 92 valence electrons. The Hall–Kier alpha value is -2.19. The Morgan fingerprint density at radius 2 is 2.33 bits per heavy atom. The number of nitriles is 1. The minimum atomic E-state index is -0.502. The van der Waals surface area contributed by atoms with Crippen LogP contribution < -0.4 is 5.73 Å². The first kappa shape index (κ1) is 12.3. The summed E-state index contributed by atoms with van der Waals surface area (Å²) >= 11 is 0. The normalized spacial score (nSPS) is 12.1. The molecule has 2 N–H and O–H groups in total. The van der Waals surface area contributed by atoms with Crippen molar-refractivity contribution >= 4 is 0 Å². The molecule has 1 aromatic heterocycles. The summed E-state index contributed by atoms with van der Waals surface area (Å²) in [6, 6.07) is 6.22. The number of hydrogen-bond acceptors (Lipinski definition) is 3. The second-order valence-electron chi connectivity index (χ2n) is 4.19. The zero-order chi connectivity index (χ0) is 13.1. The van der Waals surface area contributed by atoms with Crippen LogP contribution in [-0.4, -0.2) is 9.78 Å². The monoisotopic (exact) mass is 244 g/mol. The number of aromatic nitrogens is 2. The standard InChI is InChI=1S/C13H13FN4/c1-9(16)12-6-17-18(8-12)7-10-2-3-13(14)11(4-10)5-15/h2-4,6,8-9H,7,16H2,1H3. The summed E-state index contributed by atoms with van der Waals surface area (Å²) < 4.78 is 14.9. The fraction of sp³-hybridized carbons (Fsp3) is 0.231. The van der Waals surface area contributed by atoms with E-state index in [-0.39, 0.29) is 11.6 Å². The van der Waals surface area contributed by atoms with E-state index in [9.17, 15) is 4.39 Å². The molecule has 1 unspecified atom stereocenters. The Labute approximate surface area is 104 Å². The molecule has 0 spiro atoms. The molecule has 1 aromatic carbocycles. The zero-order valence-corrected chi connectivity index (χ0v) is 9.97. The average molecular weight is 244 g/mol. The van der Waals surface area contributed by atoms with Gasteiger partial charge in [0.2, 0.25) is 0 Å². The van der Waals surface area contributed by atoms with Gasteiger partial charge in [-0.15, -0.1) is 0 Å². The Morgan fingerprint density at radius 3 is 2.94 bits per heavy atom. The molecule has 4 nitrogen and oxygen atoms in total. The maximum Gasteiger partial charge on any atom is 0.140 e. The fourth-order valence-electron chi connectivity index (χ4n) is 1.64. The van der Waals surface area contributed by atoms with Crippen LogP contribution >= 0.6 is 0 Å². The average Bonchev–Trinajstić information content (AvgIpc) is 2.80. The van der Waals surface area contributed by atoms with Gasteiger partial charge in [-0.2, -0.15) is 10.4 Å². The molecule has 0 saturated heterocycles. The first-order chi connectivity index (χ1) is 8.60. The van der Waals surface area contributed by atoms with Crippen LogP contribution in [0.5, 0.6) is 0 Å². The van der Waals surface area contributed by atoms with Gasteiger partial charge in [-0.25, -0.2) is 4.39 Å². The van der Waals surface area contributed by atoms with E-state index in [0.29, 0.717) is 6.54 Å². The molecule has 0 radical (unpaired) electrons. The van der Waals surface area contributed by atoms with Gasteiger partial charge in [-0.3, -0.25) is 4.68 Å². The summed E-state index contributed by atoms with van der Waals surface area (Å²) in [5, 5.41) is 12.9. The number of rotatable bonds is 3. The van der Waals surface area contributed by atoms with Crippen molar-refractivity contribution in [2.75, 3.05) is 0 Å². The van der Waals surface area contributed by atoms with Gasteiger partial charge in [0, 0.05) is 17.8 Å². The molecule has 0 aliphatic rings. The van der Waals surface area contributed by atoms with Crippen LogP contribution in [-0.2, 0) is 6.54 Å². The molecule has 0 aliphatic heterocycles. The zero-order valence-electron chi connectivity index (χ0n) is 9.97. The lowest BCUT2D eigenvalue weighted by Crippen LogP contribution is -2.04. The molecule has 0 aliphatic carbocycles. The van der Waals surface area contributed by atoms with E-state index in [2.05, 4.69) is 5.10 Å². The van der Waals surface area contributed by atoms with Gasteiger partial charge in [0.1, 0.15) is 11.9 Å². The topological polar surface area (TPSA) is 67.6 Å². The molecule has 5 heteroatoms. The van der Waals surface area contributed by atoms with Gasteiger partial charge in [0.25, 0.3) is 0 Å². The highest BCUT2D eigenvalue weighted by atomic mass is 19.1. The number of halogens is 1. The van der Waals surface area contributed by atoms with E-state index in [1.165, 1.54) is 12.1 Å². The minimum Gasteiger partial charge on any atom is -0.324 e. The van der Waals surface area contributed by atoms with Crippen molar-refractivity contribution in [3.63, 3.8) is 0 Å². The lowest BCUT2D eigenvalue weighted by Gasteiger charge is -2.03. The molecular weight excluding hydrogens is 231 g/mol. The van der Waals surface area contributed by atoms with Gasteiger partial charge in [0.15, 0.2) is 0 Å². The highest BCUT2D eigenvalue weighted by molar-refractivity contribution is 5.34. The van der Waals surface area contributed by atoms with Crippen LogP contribution in [0.1, 0.15) is 29.7 Å². The van der Waals surface area contributed by atoms with Crippen molar-refractivity contribution in [1.29, 1.82) is 5.26 Å². The summed E-state index contributed by atoms with van der Waals surface area (Å²) in [5.74, 6) is -0.502. The quantitative estimate of drug-likeness (QED) is 0.897. The maximum absolute atomic E-state index is 13.2. The summed E-state index contributed by atoms with van der Waals surface area (Å²) in [4.78, 5) is 0. The summed E-state index contributed by atoms with van der Waals surface area (Å²) in [6.45, 7) is 2.37. The molecule has 0 bridgehead atoms. The van der Waals surface area contributed by atoms with Crippen LogP contribution in [0.2, 0.25) is 0 Å². The van der Waals surface area contributed by atoms with E-state index in [4.69, 9.17) is 11.0 Å². The van der Waals surface area contributed by atoms with E-state index in [0.717, 1.165) is 11.1 Å². The molecule has 0 saturated carbocycles. The molecule has 0 amide bonds. The van der Waals surface area contributed by atoms with Gasteiger partial charge >= 0.3 is 0 Å². The van der Waals surface area contributed by atoms with Crippen LogP contribution in [0, 0.1) is 17.1 Å². The molecule has 2 aromatic rings. The molecule has 1 heterocycles. The molecular formula is C13H13FN4. The third-order valence-electron chi connectivity index (χ3n) is 2.67. The second-order valence-corrected chi connectivity index (χ2v) is 4.19. The first-order valence-electron chi connectivity index (χ1n) is 5.56. The van der Waals surface area contributed by atoms with Crippen molar-refractivity contribution in [2.45, 2.75) is 19.5 Å². The lowest BCUT2D eigenvalue weighted by atomic mass is 10.1. The third-order valence-corrected chi connectivity index (χ3v) is 2.67. The Balaban J connectivity index is 2.21. The highest BCUT2D eigenvalue weighted by Crippen LogP contribution is 2.12. The van der Waals surface area contributed by atoms with Crippen molar-refractivity contribution in [1.82, 2.24) is 9.78 Å². The van der Waals surface area contributed by atoms with Crippen LogP contribution in [0.3, 0.4) is 0 Å². The van der Waals surface area contributed by atoms with Gasteiger partial charge in [0.05, 0.1) is 18.3 Å². The fourth-order valence-corrected chi connectivity index (χ4v) is 1.64. The predicted octanol–water partition coefficient (Wildman–Crippen LogP) is 1.96. The van der Waals surface area contributed by atoms with Crippen LogP contribution in [0.4, 0.5) is 4.39 Å². The van der Waals surface area contributed by atoms with Crippen LogP contribution in [0.25, 0.3) is 0 Å². The van der Waals surface area contributed by atoms with E-state index >= 15 is 0 Å². The predicted molar refractivity (Wildman–Crippen MR) is 65.0 cm³/mol. The molecule has 2 rings (SSSR count). The highest BCUT2D eigenvalue weighted by Gasteiger charge is 2.06. The minimum absolute atomic E-state index is 0.0482. The second kappa shape index (κ2) is 4.98. The van der Waals surface area contributed by atoms with Gasteiger partial charge in [-0.05, 0) is 24.6 Å². The summed E-state index contributed by atoms with van der Waals surface area (Å²) in [5.41, 5.74) is 7.56. The number of benzene rings is 1. The Morgan fingerprint density at radius 1 is 1.56 bits per heavy atom. The smallest absolute Gasteiger partial charge is 0.140 e. The van der Waals surface area contributed by atoms with Crippen molar-refractivity contribution in [3.05, 3.63) is 53.1 Å². The lowest BCUT2D eigenvalue weighted by molar-refractivity contribution is 0.620. The van der Waals surface area contributed by atoms with E-state index in [1.807, 2.05) is 19.2 Å². The molecule has 1 atom stereocenters. The molecule has 0 fully saturated rings. The van der Waals surface area contributed by atoms with Crippen molar-refractivity contribution < 1.29 is 4.39 Å². The third kappa shape index (κ3) is 2.55. The maximum atomic E-state index is 13.2.